The number of benzene rings is 2. The normalized spacial score (nSPS) is 14.4. The summed E-state index contributed by atoms with van der Waals surface area (Å²) < 4.78 is 21.5. The molecule has 1 aliphatic heterocycles. The fourth-order valence-corrected chi connectivity index (χ4v) is 4.51. The van der Waals surface area contributed by atoms with Gasteiger partial charge in [0.25, 0.3) is 5.91 Å². The molecule has 0 saturated carbocycles. The molecule has 0 bridgehead atoms. The average molecular weight is 488 g/mol. The minimum Gasteiger partial charge on any atom is -0.496 e. The Hall–Kier alpha value is -3.94. The van der Waals surface area contributed by atoms with Crippen molar-refractivity contribution < 1.29 is 13.9 Å². The summed E-state index contributed by atoms with van der Waals surface area (Å²) in [6, 6.07) is 18.1. The smallest absolute Gasteiger partial charge is 0.272 e. The van der Waals surface area contributed by atoms with Crippen LogP contribution in [0.5, 0.6) is 5.75 Å². The quantitative estimate of drug-likeness (QED) is 0.414. The molecule has 5 rings (SSSR count). The van der Waals surface area contributed by atoms with Crippen LogP contribution in [0, 0.1) is 5.82 Å². The van der Waals surface area contributed by atoms with E-state index in [0.717, 1.165) is 11.3 Å². The second-order valence-electron chi connectivity index (χ2n) is 10.0. The largest absolute Gasteiger partial charge is 0.496 e. The molecule has 4 aromatic rings. The number of amides is 1. The fraction of sp³-hybridized carbons (Fsp3) is 0.321. The van der Waals surface area contributed by atoms with E-state index in [1.807, 2.05) is 41.3 Å². The molecule has 1 saturated heterocycles. The molecule has 0 atom stereocenters. The number of hydrogen-bond acceptors (Lipinski definition) is 5. The Morgan fingerprint density at radius 3 is 2.36 bits per heavy atom. The highest BCUT2D eigenvalue weighted by atomic mass is 19.1. The highest BCUT2D eigenvalue weighted by Gasteiger charge is 2.28. The van der Waals surface area contributed by atoms with Crippen LogP contribution >= 0.6 is 0 Å². The van der Waals surface area contributed by atoms with E-state index in [-0.39, 0.29) is 17.1 Å². The topological polar surface area (TPSA) is 63.0 Å². The fourth-order valence-electron chi connectivity index (χ4n) is 4.51. The van der Waals surface area contributed by atoms with E-state index in [0.29, 0.717) is 54.7 Å². The molecule has 0 N–H and O–H groups in total. The van der Waals surface area contributed by atoms with E-state index in [9.17, 15) is 9.18 Å². The second-order valence-corrected chi connectivity index (χ2v) is 10.0. The Labute approximate surface area is 210 Å². The Bertz CT molecular complexity index is 1420. The number of aromatic nitrogens is 3. The summed E-state index contributed by atoms with van der Waals surface area (Å²) in [5, 5.41) is 4.77. The van der Waals surface area contributed by atoms with Crippen LogP contribution in [0.2, 0.25) is 0 Å². The van der Waals surface area contributed by atoms with E-state index in [1.165, 1.54) is 6.07 Å². The molecule has 1 amide bonds. The maximum Gasteiger partial charge on any atom is 0.272 e. The number of carbonyl (C=O) groups is 1. The number of carbonyl (C=O) groups excluding carboxylic acids is 1. The summed E-state index contributed by atoms with van der Waals surface area (Å²) in [4.78, 5) is 22.5. The lowest BCUT2D eigenvalue weighted by molar-refractivity contribution is 0.0737. The third kappa shape index (κ3) is 4.39. The Morgan fingerprint density at radius 1 is 0.972 bits per heavy atom. The van der Waals surface area contributed by atoms with Gasteiger partial charge < -0.3 is 14.5 Å². The summed E-state index contributed by atoms with van der Waals surface area (Å²) in [6.07, 6.45) is 0. The van der Waals surface area contributed by atoms with E-state index >= 15 is 0 Å². The lowest BCUT2D eigenvalue weighted by Gasteiger charge is -2.36. The Balaban J connectivity index is 1.52. The third-order valence-corrected chi connectivity index (χ3v) is 6.56. The molecule has 186 valence electrons. The molecule has 7 nitrogen and oxygen atoms in total. The van der Waals surface area contributed by atoms with Gasteiger partial charge in [0.05, 0.1) is 24.2 Å². The van der Waals surface area contributed by atoms with Gasteiger partial charge in [0.2, 0.25) is 0 Å². The zero-order valence-electron chi connectivity index (χ0n) is 21.0. The summed E-state index contributed by atoms with van der Waals surface area (Å²) >= 11 is 0. The lowest BCUT2D eigenvalue weighted by atomic mass is 9.93. The van der Waals surface area contributed by atoms with Crippen molar-refractivity contribution in [2.24, 2.45) is 0 Å². The number of rotatable bonds is 4. The first-order valence-electron chi connectivity index (χ1n) is 12.1. The van der Waals surface area contributed by atoms with Crippen LogP contribution in [0.1, 0.15) is 37.0 Å². The van der Waals surface area contributed by atoms with Gasteiger partial charge in [0.15, 0.2) is 5.65 Å². The number of fused-ring (bicyclic) bond motifs is 1. The number of para-hydroxylation sites is 2. The number of ether oxygens (including phenoxy) is 1. The van der Waals surface area contributed by atoms with Crippen LogP contribution in [0.25, 0.3) is 16.9 Å². The second kappa shape index (κ2) is 9.26. The summed E-state index contributed by atoms with van der Waals surface area (Å²) in [6.45, 7) is 8.31. The number of piperazine rings is 1. The van der Waals surface area contributed by atoms with Gasteiger partial charge >= 0.3 is 0 Å². The number of methoxy groups -OCH3 is 1. The first-order chi connectivity index (χ1) is 17.3. The average Bonchev–Trinajstić information content (AvgIpc) is 3.33. The van der Waals surface area contributed by atoms with Gasteiger partial charge in [-0.25, -0.2) is 13.9 Å². The molecule has 2 aromatic carbocycles. The molecule has 2 aromatic heterocycles. The van der Waals surface area contributed by atoms with E-state index in [2.05, 4.69) is 20.8 Å². The first-order valence-corrected chi connectivity index (χ1v) is 12.1. The summed E-state index contributed by atoms with van der Waals surface area (Å²) in [5.74, 6) is 0.304. The van der Waals surface area contributed by atoms with Crippen LogP contribution in [0.4, 0.5) is 10.1 Å². The van der Waals surface area contributed by atoms with Crippen LogP contribution < -0.4 is 9.64 Å². The van der Waals surface area contributed by atoms with Crippen LogP contribution in [0.15, 0.2) is 60.7 Å². The third-order valence-electron chi connectivity index (χ3n) is 6.56. The first kappa shape index (κ1) is 23.8. The molecule has 0 unspecified atom stereocenters. The zero-order valence-corrected chi connectivity index (χ0v) is 21.0. The standard InChI is InChI=1S/C28H30FN5O2/c1-28(2,3)25-18-26-30-21(19-9-5-8-12-24(19)36-4)17-23(34(26)31-25)27(35)33-15-13-32(14-16-33)22-11-7-6-10-20(22)29/h5-12,17-18H,13-16H2,1-4H3. The maximum atomic E-state index is 14.3. The lowest BCUT2D eigenvalue weighted by Crippen LogP contribution is -2.49. The minimum atomic E-state index is -0.249. The molecule has 1 fully saturated rings. The molecule has 8 heteroatoms. The number of halogens is 1. The van der Waals surface area contributed by atoms with E-state index < -0.39 is 0 Å². The predicted octanol–water partition coefficient (Wildman–Crippen LogP) is 4.80. The van der Waals surface area contributed by atoms with Crippen molar-refractivity contribution in [1.82, 2.24) is 19.5 Å². The number of hydrogen-bond donors (Lipinski definition) is 0. The van der Waals surface area contributed by atoms with Crippen molar-refractivity contribution >= 4 is 17.2 Å². The van der Waals surface area contributed by atoms with Crippen molar-refractivity contribution in [3.05, 3.63) is 77.9 Å². The molecule has 1 aliphatic rings. The summed E-state index contributed by atoms with van der Waals surface area (Å²) in [7, 11) is 1.62. The molecule has 0 spiro atoms. The van der Waals surface area contributed by atoms with Crippen molar-refractivity contribution in [3.8, 4) is 17.0 Å². The SMILES string of the molecule is COc1ccccc1-c1cc(C(=O)N2CCN(c3ccccc3F)CC2)n2nc(C(C)(C)C)cc2n1. The molecular weight excluding hydrogens is 457 g/mol. The molecule has 0 radical (unpaired) electrons. The van der Waals surface area contributed by atoms with Gasteiger partial charge in [-0.3, -0.25) is 4.79 Å². The zero-order chi connectivity index (χ0) is 25.4. The van der Waals surface area contributed by atoms with Gasteiger partial charge in [-0.1, -0.05) is 45.0 Å². The molecule has 0 aliphatic carbocycles. The predicted molar refractivity (Wildman–Crippen MR) is 138 cm³/mol. The van der Waals surface area contributed by atoms with Crippen LogP contribution in [-0.4, -0.2) is 58.7 Å². The summed E-state index contributed by atoms with van der Waals surface area (Å²) in [5.41, 5.74) is 3.71. The number of anilines is 1. The highest BCUT2D eigenvalue weighted by Crippen LogP contribution is 2.31. The van der Waals surface area contributed by atoms with E-state index in [1.54, 1.807) is 34.7 Å². The van der Waals surface area contributed by atoms with Crippen LogP contribution in [0.3, 0.4) is 0 Å². The molecular formula is C28H30FN5O2. The van der Waals surface area contributed by atoms with Gasteiger partial charge in [-0.2, -0.15) is 5.10 Å². The Morgan fingerprint density at radius 2 is 1.67 bits per heavy atom. The highest BCUT2D eigenvalue weighted by molar-refractivity contribution is 5.94. The van der Waals surface area contributed by atoms with Crippen LogP contribution in [-0.2, 0) is 5.41 Å². The van der Waals surface area contributed by atoms with Gasteiger partial charge in [0, 0.05) is 43.2 Å². The van der Waals surface area contributed by atoms with Crippen molar-refractivity contribution in [2.75, 3.05) is 38.2 Å². The monoisotopic (exact) mass is 487 g/mol. The van der Waals surface area contributed by atoms with Gasteiger partial charge in [0.1, 0.15) is 17.3 Å². The number of nitrogens with zero attached hydrogens (tertiary/aromatic N) is 5. The van der Waals surface area contributed by atoms with Crippen molar-refractivity contribution in [3.63, 3.8) is 0 Å². The van der Waals surface area contributed by atoms with Gasteiger partial charge in [-0.05, 0) is 30.3 Å². The van der Waals surface area contributed by atoms with Gasteiger partial charge in [-0.15, -0.1) is 0 Å². The van der Waals surface area contributed by atoms with E-state index in [4.69, 9.17) is 14.8 Å². The maximum absolute atomic E-state index is 14.3. The van der Waals surface area contributed by atoms with Crippen molar-refractivity contribution in [2.45, 2.75) is 26.2 Å². The molecule has 3 heterocycles. The van der Waals surface area contributed by atoms with Crippen molar-refractivity contribution in [1.29, 1.82) is 0 Å². The Kier molecular flexibility index (Phi) is 6.12. The minimum absolute atomic E-state index is 0.129. The molecule has 36 heavy (non-hydrogen) atoms.